The fraction of sp³-hybridized carbons (Fsp3) is 0.467. The Kier molecular flexibility index (Phi) is 4.61. The fourth-order valence-corrected chi connectivity index (χ4v) is 2.47. The second kappa shape index (κ2) is 6.41. The van der Waals surface area contributed by atoms with Crippen molar-refractivity contribution in [3.8, 4) is 5.75 Å². The van der Waals surface area contributed by atoms with Gasteiger partial charge in [-0.25, -0.2) is 4.79 Å². The summed E-state index contributed by atoms with van der Waals surface area (Å²) >= 11 is 0. The highest BCUT2D eigenvalue weighted by Gasteiger charge is 2.40. The van der Waals surface area contributed by atoms with Gasteiger partial charge >= 0.3 is 5.97 Å². The van der Waals surface area contributed by atoms with Crippen molar-refractivity contribution in [1.29, 1.82) is 0 Å². The highest BCUT2D eigenvalue weighted by molar-refractivity contribution is 5.90. The molecular formula is C15H19NO4. The Morgan fingerprint density at radius 3 is 2.75 bits per heavy atom. The smallest absolute Gasteiger partial charge is 0.329 e. The molecule has 5 nitrogen and oxygen atoms in total. The van der Waals surface area contributed by atoms with Gasteiger partial charge in [-0.1, -0.05) is 18.2 Å². The van der Waals surface area contributed by atoms with Crippen LogP contribution in [0.25, 0.3) is 0 Å². The summed E-state index contributed by atoms with van der Waals surface area (Å²) < 4.78 is 10.6. The molecule has 1 aliphatic rings. The van der Waals surface area contributed by atoms with E-state index < -0.39 is 12.0 Å². The van der Waals surface area contributed by atoms with Gasteiger partial charge in [0, 0.05) is 17.9 Å². The number of benzene rings is 1. The SMILES string of the molecule is CCOC(=O)C1NC(=O)CC1c1ccccc1OCC. The number of para-hydroxylation sites is 1. The van der Waals surface area contributed by atoms with Crippen molar-refractivity contribution in [2.45, 2.75) is 32.2 Å². The molecule has 0 aliphatic carbocycles. The van der Waals surface area contributed by atoms with Crippen LogP contribution in [0.15, 0.2) is 24.3 Å². The third-order valence-corrected chi connectivity index (χ3v) is 3.28. The number of hydrogen-bond donors (Lipinski definition) is 1. The minimum atomic E-state index is -0.635. The molecule has 1 aromatic rings. The predicted octanol–water partition coefficient (Wildman–Crippen LogP) is 1.62. The first-order valence-electron chi connectivity index (χ1n) is 6.85. The van der Waals surface area contributed by atoms with Gasteiger partial charge in [-0.15, -0.1) is 0 Å². The molecular weight excluding hydrogens is 258 g/mol. The molecule has 0 radical (unpaired) electrons. The van der Waals surface area contributed by atoms with Crippen LogP contribution in [0.3, 0.4) is 0 Å². The minimum Gasteiger partial charge on any atom is -0.494 e. The topological polar surface area (TPSA) is 64.6 Å². The van der Waals surface area contributed by atoms with Gasteiger partial charge in [0.15, 0.2) is 0 Å². The molecule has 1 saturated heterocycles. The van der Waals surface area contributed by atoms with E-state index in [0.717, 1.165) is 5.56 Å². The summed E-state index contributed by atoms with van der Waals surface area (Å²) in [5.41, 5.74) is 0.866. The first-order valence-corrected chi connectivity index (χ1v) is 6.85. The van der Waals surface area contributed by atoms with Crippen LogP contribution in [-0.2, 0) is 14.3 Å². The van der Waals surface area contributed by atoms with Crippen molar-refractivity contribution in [2.24, 2.45) is 0 Å². The van der Waals surface area contributed by atoms with Crippen LogP contribution >= 0.6 is 0 Å². The van der Waals surface area contributed by atoms with E-state index in [0.29, 0.717) is 19.0 Å². The van der Waals surface area contributed by atoms with Gasteiger partial charge in [-0.2, -0.15) is 0 Å². The molecule has 0 saturated carbocycles. The van der Waals surface area contributed by atoms with E-state index in [4.69, 9.17) is 9.47 Å². The highest BCUT2D eigenvalue weighted by atomic mass is 16.5. The van der Waals surface area contributed by atoms with E-state index in [2.05, 4.69) is 5.32 Å². The second-order valence-electron chi connectivity index (χ2n) is 4.58. The summed E-state index contributed by atoms with van der Waals surface area (Å²) in [6.45, 7) is 4.48. The average molecular weight is 277 g/mol. The molecule has 5 heteroatoms. The van der Waals surface area contributed by atoms with Crippen LogP contribution < -0.4 is 10.1 Å². The number of rotatable bonds is 5. The lowest BCUT2D eigenvalue weighted by Gasteiger charge is -2.20. The van der Waals surface area contributed by atoms with Crippen molar-refractivity contribution >= 4 is 11.9 Å². The fourth-order valence-electron chi connectivity index (χ4n) is 2.47. The van der Waals surface area contributed by atoms with Crippen LogP contribution in [0.5, 0.6) is 5.75 Å². The van der Waals surface area contributed by atoms with Crippen LogP contribution in [0.4, 0.5) is 0 Å². The zero-order valence-corrected chi connectivity index (χ0v) is 11.7. The first kappa shape index (κ1) is 14.4. The van der Waals surface area contributed by atoms with E-state index in [1.807, 2.05) is 31.2 Å². The summed E-state index contributed by atoms with van der Waals surface area (Å²) in [6.07, 6.45) is 0.271. The molecule has 1 heterocycles. The molecule has 0 spiro atoms. The minimum absolute atomic E-state index is 0.139. The molecule has 2 unspecified atom stereocenters. The van der Waals surface area contributed by atoms with E-state index >= 15 is 0 Å². The maximum Gasteiger partial charge on any atom is 0.329 e. The van der Waals surface area contributed by atoms with E-state index in [-0.39, 0.29) is 18.2 Å². The summed E-state index contributed by atoms with van der Waals surface area (Å²) in [7, 11) is 0. The molecule has 20 heavy (non-hydrogen) atoms. The molecule has 1 N–H and O–H groups in total. The average Bonchev–Trinajstić information content (AvgIpc) is 2.82. The standard InChI is InChI=1S/C15H19NO4/c1-3-19-12-8-6-5-7-10(12)11-9-13(17)16-14(11)15(18)20-4-2/h5-8,11,14H,3-4,9H2,1-2H3,(H,16,17). The number of nitrogens with one attached hydrogen (secondary N) is 1. The largest absolute Gasteiger partial charge is 0.494 e. The van der Waals surface area contributed by atoms with Gasteiger partial charge in [0.05, 0.1) is 13.2 Å². The van der Waals surface area contributed by atoms with Crippen molar-refractivity contribution in [3.63, 3.8) is 0 Å². The second-order valence-corrected chi connectivity index (χ2v) is 4.58. The highest BCUT2D eigenvalue weighted by Crippen LogP contribution is 2.35. The third kappa shape index (κ3) is 2.92. The van der Waals surface area contributed by atoms with Crippen LogP contribution in [0.1, 0.15) is 31.7 Å². The molecule has 1 amide bonds. The summed E-state index contributed by atoms with van der Waals surface area (Å²) in [6, 6.07) is 6.86. The molecule has 0 bridgehead atoms. The monoisotopic (exact) mass is 277 g/mol. The van der Waals surface area contributed by atoms with Crippen molar-refractivity contribution in [2.75, 3.05) is 13.2 Å². The van der Waals surface area contributed by atoms with Gasteiger partial charge in [0.25, 0.3) is 0 Å². The Morgan fingerprint density at radius 2 is 2.05 bits per heavy atom. The lowest BCUT2D eigenvalue weighted by Crippen LogP contribution is -2.37. The molecule has 108 valence electrons. The third-order valence-electron chi connectivity index (χ3n) is 3.28. The molecule has 1 aromatic carbocycles. The van der Waals surface area contributed by atoms with Crippen LogP contribution in [-0.4, -0.2) is 31.1 Å². The Labute approximate surface area is 118 Å². The van der Waals surface area contributed by atoms with Crippen molar-refractivity contribution in [3.05, 3.63) is 29.8 Å². The van der Waals surface area contributed by atoms with Gasteiger partial charge in [-0.05, 0) is 19.9 Å². The van der Waals surface area contributed by atoms with Gasteiger partial charge in [-0.3, -0.25) is 4.79 Å². The van der Waals surface area contributed by atoms with Crippen LogP contribution in [0.2, 0.25) is 0 Å². The molecule has 1 fully saturated rings. The predicted molar refractivity (Wildman–Crippen MR) is 73.5 cm³/mol. The normalized spacial score (nSPS) is 21.4. The molecule has 2 atom stereocenters. The lowest BCUT2D eigenvalue weighted by molar-refractivity contribution is -0.146. The summed E-state index contributed by atoms with van der Waals surface area (Å²) in [5, 5.41) is 2.69. The molecule has 1 aliphatic heterocycles. The Bertz CT molecular complexity index is 500. The molecule has 0 aromatic heterocycles. The van der Waals surface area contributed by atoms with E-state index in [1.54, 1.807) is 6.92 Å². The lowest BCUT2D eigenvalue weighted by atomic mass is 9.91. The summed E-state index contributed by atoms with van der Waals surface area (Å²) in [4.78, 5) is 23.6. The Balaban J connectivity index is 2.29. The van der Waals surface area contributed by atoms with Gasteiger partial charge in [0.2, 0.25) is 5.91 Å². The first-order chi connectivity index (χ1) is 9.67. The van der Waals surface area contributed by atoms with Crippen molar-refractivity contribution in [1.82, 2.24) is 5.32 Å². The van der Waals surface area contributed by atoms with Crippen molar-refractivity contribution < 1.29 is 19.1 Å². The maximum absolute atomic E-state index is 12.0. The Hall–Kier alpha value is -2.04. The summed E-state index contributed by atoms with van der Waals surface area (Å²) in [5.74, 6) is -0.0656. The zero-order chi connectivity index (χ0) is 14.5. The van der Waals surface area contributed by atoms with E-state index in [1.165, 1.54) is 0 Å². The number of carbonyl (C=O) groups excluding carboxylic acids is 2. The van der Waals surface area contributed by atoms with Gasteiger partial charge in [0.1, 0.15) is 11.8 Å². The number of esters is 1. The number of amides is 1. The maximum atomic E-state index is 12.0. The quantitative estimate of drug-likeness (QED) is 0.831. The Morgan fingerprint density at radius 1 is 1.30 bits per heavy atom. The number of ether oxygens (including phenoxy) is 2. The van der Waals surface area contributed by atoms with E-state index in [9.17, 15) is 9.59 Å². The molecule has 2 rings (SSSR count). The number of hydrogen-bond acceptors (Lipinski definition) is 4. The zero-order valence-electron chi connectivity index (χ0n) is 11.7. The number of carbonyl (C=O) groups is 2. The van der Waals surface area contributed by atoms with Crippen LogP contribution in [0, 0.1) is 0 Å². The van der Waals surface area contributed by atoms with Gasteiger partial charge < -0.3 is 14.8 Å².